The number of rotatable bonds is 9. The fraction of sp³-hybridized carbons (Fsp3) is 0.156. The Morgan fingerprint density at radius 2 is 1.26 bits per heavy atom. The first-order valence-electron chi connectivity index (χ1n) is 26.0. The van der Waals surface area contributed by atoms with Gasteiger partial charge in [0.25, 0.3) is 6.33 Å². The van der Waals surface area contributed by atoms with Crippen molar-refractivity contribution in [1.82, 2.24) is 14.1 Å². The molecule has 11 rings (SSSR count). The van der Waals surface area contributed by atoms with Crippen LogP contribution in [-0.4, -0.2) is 14.1 Å². The number of para-hydroxylation sites is 4. The number of fused-ring (bicyclic) bond motifs is 4. The monoisotopic (exact) mass is 1090 g/mol. The maximum Gasteiger partial charge on any atom is 0.268 e. The summed E-state index contributed by atoms with van der Waals surface area (Å²) in [6.07, 6.45) is 6.48. The van der Waals surface area contributed by atoms with E-state index in [1.165, 1.54) is 5.56 Å². The number of imidazole rings is 1. The maximum atomic E-state index is 9.22. The predicted molar refractivity (Wildman–Crippen MR) is 283 cm³/mol. The van der Waals surface area contributed by atoms with Crippen LogP contribution >= 0.6 is 0 Å². The summed E-state index contributed by atoms with van der Waals surface area (Å²) in [6.45, 7) is 15.4. The van der Waals surface area contributed by atoms with Crippen molar-refractivity contribution >= 4 is 32.8 Å². The third-order valence-electron chi connectivity index (χ3n) is 13.0. The van der Waals surface area contributed by atoms with Gasteiger partial charge in [0.2, 0.25) is 0 Å². The molecule has 0 amide bonds. The van der Waals surface area contributed by atoms with Gasteiger partial charge < -0.3 is 13.9 Å². The maximum absolute atomic E-state index is 9.22. The van der Waals surface area contributed by atoms with E-state index in [2.05, 4.69) is 144 Å². The summed E-state index contributed by atoms with van der Waals surface area (Å²) in [5.74, 6) is 1.77. The largest absolute Gasteiger partial charge is 0.510 e. The van der Waals surface area contributed by atoms with E-state index in [9.17, 15) is 2.74 Å². The summed E-state index contributed by atoms with van der Waals surface area (Å²) in [6, 6.07) is 56.4. The van der Waals surface area contributed by atoms with Gasteiger partial charge in [-0.15, -0.1) is 29.7 Å². The van der Waals surface area contributed by atoms with Crippen LogP contribution in [0.5, 0.6) is 11.5 Å². The van der Waals surface area contributed by atoms with E-state index >= 15 is 0 Å². The molecule has 8 aromatic carbocycles. The Labute approximate surface area is 433 Å². The molecule has 0 radical (unpaired) electrons. The minimum Gasteiger partial charge on any atom is -0.510 e. The van der Waals surface area contributed by atoms with Crippen molar-refractivity contribution in [3.8, 4) is 62.1 Å². The van der Waals surface area contributed by atoms with Crippen molar-refractivity contribution in [2.24, 2.45) is 0 Å². The predicted octanol–water partition coefficient (Wildman–Crippen LogP) is 15.7. The SMILES string of the molecule is [2H]c1c([2H])c([2H])c(-c2cccc(-c3cc(C(C)(C)C)cc(C(C)(C)C)c3)c2-[n+]2[c-]n(-c3[c-]c(Oc4[c-]c5c(cc4)c4ccccc4n5-c4cc(CC)c(-c5ccccc5)cn4)ccc3)c3ccccc32)c([2H])c1[2H].[Pt]. The van der Waals surface area contributed by atoms with Crippen LogP contribution in [0.3, 0.4) is 0 Å². The Morgan fingerprint density at radius 1 is 0.600 bits per heavy atom. The zero-order valence-electron chi connectivity index (χ0n) is 45.2. The van der Waals surface area contributed by atoms with E-state index in [0.717, 1.165) is 78.5 Å². The number of aromatic nitrogens is 4. The van der Waals surface area contributed by atoms with Crippen LogP contribution in [0.25, 0.3) is 83.4 Å². The van der Waals surface area contributed by atoms with Gasteiger partial charge in [0, 0.05) is 49.8 Å². The molecule has 0 aliphatic carbocycles. The normalized spacial score (nSPS) is 12.9. The molecule has 3 heterocycles. The molecule has 11 aromatic rings. The molecule has 0 saturated heterocycles. The molecule has 6 heteroatoms. The second-order valence-corrected chi connectivity index (χ2v) is 19.6. The first kappa shape index (κ1) is 40.5. The Bertz CT molecular complexity index is 3960. The number of hydrogen-bond acceptors (Lipinski definition) is 2. The van der Waals surface area contributed by atoms with E-state index in [1.807, 2.05) is 94.2 Å². The van der Waals surface area contributed by atoms with Gasteiger partial charge in [-0.2, -0.15) is 18.2 Å². The quantitative estimate of drug-likeness (QED) is 0.107. The molecular weight excluding hydrogens is 1040 g/mol. The first-order valence-corrected chi connectivity index (χ1v) is 23.5. The van der Waals surface area contributed by atoms with Gasteiger partial charge in [-0.3, -0.25) is 4.57 Å². The molecule has 3 aromatic heterocycles. The second kappa shape index (κ2) is 18.5. The van der Waals surface area contributed by atoms with Crippen LogP contribution < -0.4 is 9.30 Å². The van der Waals surface area contributed by atoms with E-state index in [1.54, 1.807) is 0 Å². The Kier molecular flexibility index (Phi) is 10.7. The number of hydrogen-bond donors (Lipinski definition) is 0. The topological polar surface area (TPSA) is 35.9 Å². The van der Waals surface area contributed by atoms with E-state index in [0.29, 0.717) is 28.4 Å². The number of aryl methyl sites for hydroxylation is 1. The van der Waals surface area contributed by atoms with Crippen LogP contribution in [0, 0.1) is 18.5 Å². The zero-order chi connectivity index (χ0) is 51.8. The number of benzene rings is 8. The van der Waals surface area contributed by atoms with Crippen LogP contribution in [0.2, 0.25) is 0 Å². The van der Waals surface area contributed by atoms with Crippen LogP contribution in [0.4, 0.5) is 0 Å². The van der Waals surface area contributed by atoms with Gasteiger partial charge in [-0.1, -0.05) is 193 Å². The summed E-state index contributed by atoms with van der Waals surface area (Å²) >= 11 is 0. The smallest absolute Gasteiger partial charge is 0.268 e. The van der Waals surface area contributed by atoms with Gasteiger partial charge >= 0.3 is 0 Å². The summed E-state index contributed by atoms with van der Waals surface area (Å²) in [4.78, 5) is 5.05. The molecule has 70 heavy (non-hydrogen) atoms. The van der Waals surface area contributed by atoms with Crippen molar-refractivity contribution in [3.63, 3.8) is 0 Å². The van der Waals surface area contributed by atoms with Gasteiger partial charge in [0.15, 0.2) is 0 Å². The molecule has 0 fully saturated rings. The van der Waals surface area contributed by atoms with Gasteiger partial charge in [0.05, 0.1) is 23.6 Å². The average molecular weight is 1100 g/mol. The van der Waals surface area contributed by atoms with Crippen molar-refractivity contribution < 1.29 is 37.2 Å². The minimum absolute atomic E-state index is 0. The van der Waals surface area contributed by atoms with Gasteiger partial charge in [0.1, 0.15) is 5.82 Å². The fourth-order valence-electron chi connectivity index (χ4n) is 9.35. The number of nitrogens with zero attached hydrogens (tertiary/aromatic N) is 4. The van der Waals surface area contributed by atoms with E-state index < -0.39 is 18.1 Å². The summed E-state index contributed by atoms with van der Waals surface area (Å²) in [5.41, 5.74) is 12.4. The van der Waals surface area contributed by atoms with Crippen LogP contribution in [0.15, 0.2) is 188 Å². The molecule has 0 spiro atoms. The molecule has 0 atom stereocenters. The zero-order valence-corrected chi connectivity index (χ0v) is 42.5. The van der Waals surface area contributed by atoms with Crippen molar-refractivity contribution in [1.29, 1.82) is 0 Å². The second-order valence-electron chi connectivity index (χ2n) is 19.6. The standard InChI is InChI=1S/C64H54N4O.Pt/c1-8-43-37-61(65-41-56(43)45-23-13-10-14-24-45)68-57-30-16-15-27-54(57)55-34-33-51(40-60(55)68)69-50-26-19-25-49(39-50)66-42-67(59-32-18-17-31-58(59)66)62-52(44-21-11-9-12-22-44)28-20-29-53(62)46-35-47(63(2,3)4)38-48(36-46)64(5,6)7;/h9-38,41H,8H2,1-7H3;/q-2;/i9D,11D,12D,21D,22D;. The molecule has 0 aliphatic rings. The minimum atomic E-state index is -0.445. The van der Waals surface area contributed by atoms with Crippen LogP contribution in [0.1, 0.15) is 72.0 Å². The molecule has 0 aliphatic heterocycles. The average Bonchev–Trinajstić information content (AvgIpc) is 3.95. The van der Waals surface area contributed by atoms with E-state index in [-0.39, 0.29) is 49.5 Å². The van der Waals surface area contributed by atoms with Gasteiger partial charge in [-0.05, 0) is 85.0 Å². The van der Waals surface area contributed by atoms with Crippen LogP contribution in [-0.2, 0) is 38.3 Å². The summed E-state index contributed by atoms with van der Waals surface area (Å²) in [5, 5.41) is 2.11. The molecule has 0 saturated carbocycles. The Balaban J connectivity index is 0.00000641. The molecule has 5 nitrogen and oxygen atoms in total. The third-order valence-corrected chi connectivity index (χ3v) is 13.0. The number of ether oxygens (including phenoxy) is 1. The molecular formula is C64H54N4OPt-2. The molecule has 348 valence electrons. The Morgan fingerprint density at radius 3 is 1.99 bits per heavy atom. The summed E-state index contributed by atoms with van der Waals surface area (Å²) in [7, 11) is 0. The van der Waals surface area contributed by atoms with Gasteiger partial charge in [-0.25, -0.2) is 4.98 Å². The van der Waals surface area contributed by atoms with Crippen molar-refractivity contribution in [3.05, 3.63) is 223 Å². The summed E-state index contributed by atoms with van der Waals surface area (Å²) < 4.78 is 57.1. The fourth-order valence-corrected chi connectivity index (χ4v) is 9.35. The molecule has 0 bridgehead atoms. The van der Waals surface area contributed by atoms with Crippen molar-refractivity contribution in [2.45, 2.75) is 65.7 Å². The Hall–Kier alpha value is -7.33. The number of pyridine rings is 1. The first-order chi connectivity index (χ1) is 35.5. The molecule has 0 unspecified atom stereocenters. The van der Waals surface area contributed by atoms with E-state index in [4.69, 9.17) is 13.8 Å². The van der Waals surface area contributed by atoms with Crippen molar-refractivity contribution in [2.75, 3.05) is 0 Å². The third kappa shape index (κ3) is 8.58. The molecule has 0 N–H and O–H groups in total.